The Hall–Kier alpha value is -1.73. The average Bonchev–Trinajstić information content (AvgIpc) is 2.39. The van der Waals surface area contributed by atoms with Gasteiger partial charge in [-0.3, -0.25) is 9.78 Å². The lowest BCUT2D eigenvalue weighted by Crippen LogP contribution is -2.46. The lowest BCUT2D eigenvalue weighted by molar-refractivity contribution is 0.0907. The molecule has 0 saturated carbocycles. The summed E-state index contributed by atoms with van der Waals surface area (Å²) < 4.78 is 0. The number of amides is 1. The molecule has 1 fully saturated rings. The summed E-state index contributed by atoms with van der Waals surface area (Å²) in [5, 5.41) is 2.97. The first-order chi connectivity index (χ1) is 8.69. The predicted octanol–water partition coefficient (Wildman–Crippen LogP) is -0.414. The van der Waals surface area contributed by atoms with Crippen LogP contribution in [0.2, 0.25) is 0 Å². The summed E-state index contributed by atoms with van der Waals surface area (Å²) in [5.41, 5.74) is 2.65. The number of piperidine rings is 1. The van der Waals surface area contributed by atoms with E-state index in [1.54, 1.807) is 0 Å². The summed E-state index contributed by atoms with van der Waals surface area (Å²) in [7, 11) is 2.05. The quantitative estimate of drug-likeness (QED) is 0.498. The first-order valence-corrected chi connectivity index (χ1v) is 5.97. The van der Waals surface area contributed by atoms with Crippen LogP contribution in [0.3, 0.4) is 0 Å². The normalized spacial score (nSPS) is 20.4. The molecule has 18 heavy (non-hydrogen) atoms. The van der Waals surface area contributed by atoms with Gasteiger partial charge in [0, 0.05) is 12.6 Å². The number of likely N-dealkylation sites (N-methyl/N-ethyl adjacent to an activating group) is 1. The van der Waals surface area contributed by atoms with Gasteiger partial charge < -0.3 is 15.6 Å². The molecule has 2 heterocycles. The van der Waals surface area contributed by atoms with Crippen molar-refractivity contribution in [2.75, 3.05) is 25.6 Å². The highest BCUT2D eigenvalue weighted by molar-refractivity contribution is 5.92. The Morgan fingerprint density at radius 3 is 3.11 bits per heavy atom. The van der Waals surface area contributed by atoms with Crippen LogP contribution in [-0.2, 0) is 0 Å². The zero-order valence-electron chi connectivity index (χ0n) is 10.4. The van der Waals surface area contributed by atoms with Gasteiger partial charge in [-0.05, 0) is 26.4 Å². The molecule has 1 saturated heterocycles. The third kappa shape index (κ3) is 3.14. The van der Waals surface area contributed by atoms with Crippen molar-refractivity contribution in [3.05, 3.63) is 18.1 Å². The number of likely N-dealkylation sites (tertiary alicyclic amines) is 1. The van der Waals surface area contributed by atoms with Crippen LogP contribution in [0.4, 0.5) is 5.82 Å². The molecule has 0 spiro atoms. The van der Waals surface area contributed by atoms with Crippen LogP contribution >= 0.6 is 0 Å². The van der Waals surface area contributed by atoms with Crippen molar-refractivity contribution in [2.24, 2.45) is 5.84 Å². The molecule has 1 aliphatic rings. The molecule has 1 unspecified atom stereocenters. The van der Waals surface area contributed by atoms with E-state index in [0.717, 1.165) is 25.9 Å². The van der Waals surface area contributed by atoms with Crippen molar-refractivity contribution < 1.29 is 4.79 Å². The van der Waals surface area contributed by atoms with Gasteiger partial charge in [0.15, 0.2) is 5.82 Å². The van der Waals surface area contributed by atoms with Crippen LogP contribution in [0.1, 0.15) is 23.3 Å². The summed E-state index contributed by atoms with van der Waals surface area (Å²) in [5.74, 6) is 5.40. The fourth-order valence-corrected chi connectivity index (χ4v) is 2.09. The van der Waals surface area contributed by atoms with E-state index in [1.165, 1.54) is 12.4 Å². The van der Waals surface area contributed by atoms with Crippen LogP contribution in [0, 0.1) is 0 Å². The Balaban J connectivity index is 1.98. The van der Waals surface area contributed by atoms with E-state index >= 15 is 0 Å². The van der Waals surface area contributed by atoms with Crippen molar-refractivity contribution in [1.82, 2.24) is 20.2 Å². The van der Waals surface area contributed by atoms with E-state index in [0.29, 0.717) is 5.82 Å². The first kappa shape index (κ1) is 12.7. The SMILES string of the molecule is CN1CCCC(NC(=O)c2cncc(NN)n2)C1. The van der Waals surface area contributed by atoms with E-state index in [1.807, 2.05) is 0 Å². The number of hydrogen-bond acceptors (Lipinski definition) is 6. The summed E-state index contributed by atoms with van der Waals surface area (Å²) in [6.07, 6.45) is 4.99. The number of rotatable bonds is 3. The summed E-state index contributed by atoms with van der Waals surface area (Å²) >= 11 is 0. The fraction of sp³-hybridized carbons (Fsp3) is 0.545. The van der Waals surface area contributed by atoms with Crippen molar-refractivity contribution >= 4 is 11.7 Å². The number of aromatic nitrogens is 2. The summed E-state index contributed by atoms with van der Waals surface area (Å²) in [6.45, 7) is 1.95. The summed E-state index contributed by atoms with van der Waals surface area (Å²) in [6, 6.07) is 0.174. The van der Waals surface area contributed by atoms with Gasteiger partial charge in [-0.1, -0.05) is 0 Å². The molecule has 0 aromatic carbocycles. The summed E-state index contributed by atoms with van der Waals surface area (Å²) in [4.78, 5) is 22.2. The van der Waals surface area contributed by atoms with Crippen LogP contribution in [0.25, 0.3) is 0 Å². The van der Waals surface area contributed by atoms with E-state index in [-0.39, 0.29) is 17.6 Å². The smallest absolute Gasteiger partial charge is 0.271 e. The molecule has 0 radical (unpaired) electrons. The van der Waals surface area contributed by atoms with Crippen LogP contribution in [0.5, 0.6) is 0 Å². The van der Waals surface area contributed by atoms with Gasteiger partial charge in [0.25, 0.3) is 5.91 Å². The highest BCUT2D eigenvalue weighted by Crippen LogP contribution is 2.09. The van der Waals surface area contributed by atoms with Gasteiger partial charge in [-0.15, -0.1) is 0 Å². The van der Waals surface area contributed by atoms with Gasteiger partial charge in [-0.25, -0.2) is 10.8 Å². The minimum absolute atomic E-state index is 0.174. The topological polar surface area (TPSA) is 96.2 Å². The number of carbonyl (C=O) groups excluding carboxylic acids is 1. The number of anilines is 1. The van der Waals surface area contributed by atoms with Crippen LogP contribution < -0.4 is 16.6 Å². The second-order valence-electron chi connectivity index (χ2n) is 4.51. The molecule has 0 bridgehead atoms. The highest BCUT2D eigenvalue weighted by Gasteiger charge is 2.20. The van der Waals surface area contributed by atoms with Crippen molar-refractivity contribution in [3.63, 3.8) is 0 Å². The lowest BCUT2D eigenvalue weighted by atomic mass is 10.1. The van der Waals surface area contributed by atoms with Gasteiger partial charge in [0.2, 0.25) is 0 Å². The Morgan fingerprint density at radius 2 is 2.39 bits per heavy atom. The van der Waals surface area contributed by atoms with Crippen LogP contribution in [0.15, 0.2) is 12.4 Å². The molecule has 4 N–H and O–H groups in total. The molecule has 7 nitrogen and oxygen atoms in total. The Bertz CT molecular complexity index is 424. The van der Waals surface area contributed by atoms with E-state index in [2.05, 4.69) is 32.7 Å². The number of nitrogens with zero attached hydrogens (tertiary/aromatic N) is 3. The second-order valence-corrected chi connectivity index (χ2v) is 4.51. The highest BCUT2D eigenvalue weighted by atomic mass is 16.2. The molecule has 1 aromatic rings. The molecule has 1 atom stereocenters. The van der Waals surface area contributed by atoms with E-state index in [4.69, 9.17) is 5.84 Å². The largest absolute Gasteiger partial charge is 0.347 e. The van der Waals surface area contributed by atoms with Crippen LogP contribution in [-0.4, -0.2) is 47.0 Å². The second kappa shape index (κ2) is 5.74. The zero-order valence-corrected chi connectivity index (χ0v) is 10.4. The predicted molar refractivity (Wildman–Crippen MR) is 67.8 cm³/mol. The Labute approximate surface area is 106 Å². The average molecular weight is 250 g/mol. The van der Waals surface area contributed by atoms with Gasteiger partial charge in [0.1, 0.15) is 5.69 Å². The Kier molecular flexibility index (Phi) is 4.06. The minimum atomic E-state index is -0.208. The Morgan fingerprint density at radius 1 is 1.56 bits per heavy atom. The van der Waals surface area contributed by atoms with Gasteiger partial charge in [0.05, 0.1) is 12.4 Å². The molecule has 0 aliphatic carbocycles. The van der Waals surface area contributed by atoms with E-state index in [9.17, 15) is 4.79 Å². The first-order valence-electron chi connectivity index (χ1n) is 5.97. The number of nitrogen functional groups attached to an aromatic ring is 1. The van der Waals surface area contributed by atoms with Crippen molar-refractivity contribution in [3.8, 4) is 0 Å². The van der Waals surface area contributed by atoms with Gasteiger partial charge in [-0.2, -0.15) is 0 Å². The molecule has 2 rings (SSSR count). The van der Waals surface area contributed by atoms with E-state index < -0.39 is 0 Å². The molecule has 1 amide bonds. The maximum absolute atomic E-state index is 12.0. The number of hydrazine groups is 1. The standard InChI is InChI=1S/C11H18N6O/c1-17-4-2-3-8(7-17)14-11(18)9-5-13-6-10(15-9)16-12/h5-6,8H,2-4,7,12H2,1H3,(H,14,18)(H,15,16). The van der Waals surface area contributed by atoms with Crippen molar-refractivity contribution in [2.45, 2.75) is 18.9 Å². The monoisotopic (exact) mass is 250 g/mol. The molecule has 7 heteroatoms. The zero-order chi connectivity index (χ0) is 13.0. The van der Waals surface area contributed by atoms with Gasteiger partial charge >= 0.3 is 0 Å². The third-order valence-electron chi connectivity index (χ3n) is 2.97. The third-order valence-corrected chi connectivity index (χ3v) is 2.97. The number of nitrogens with one attached hydrogen (secondary N) is 2. The number of carbonyl (C=O) groups is 1. The molecular weight excluding hydrogens is 232 g/mol. The molecule has 1 aliphatic heterocycles. The fourth-order valence-electron chi connectivity index (χ4n) is 2.09. The maximum atomic E-state index is 12.0. The van der Waals surface area contributed by atoms with Crippen molar-refractivity contribution in [1.29, 1.82) is 0 Å². The molecule has 1 aromatic heterocycles. The molecular formula is C11H18N6O. The maximum Gasteiger partial charge on any atom is 0.271 e. The number of hydrogen-bond donors (Lipinski definition) is 3. The lowest BCUT2D eigenvalue weighted by Gasteiger charge is -2.30. The number of nitrogens with two attached hydrogens (primary N) is 1. The minimum Gasteiger partial charge on any atom is -0.347 e. The molecule has 98 valence electrons.